The molecule has 0 aliphatic carbocycles. The normalized spacial score (nSPS) is 19.3. The zero-order valence-corrected chi connectivity index (χ0v) is 11.3. The van der Waals surface area contributed by atoms with E-state index in [0.29, 0.717) is 6.10 Å². The van der Waals surface area contributed by atoms with Gasteiger partial charge in [0, 0.05) is 39.6 Å². The molecule has 0 saturated carbocycles. The standard InChI is InChI=1S/C13H23N3O2/c1-11-10-16(6-4-7-17-2)13(15-11)14-9-12-5-3-8-18-12/h10,12H,3-9H2,1-2H3,(H,14,15). The molecule has 1 aromatic heterocycles. The molecular weight excluding hydrogens is 230 g/mol. The third-order valence-electron chi connectivity index (χ3n) is 3.16. The van der Waals surface area contributed by atoms with Crippen molar-refractivity contribution in [1.29, 1.82) is 0 Å². The van der Waals surface area contributed by atoms with Gasteiger partial charge in [-0.2, -0.15) is 0 Å². The maximum Gasteiger partial charge on any atom is 0.203 e. The summed E-state index contributed by atoms with van der Waals surface area (Å²) in [5.41, 5.74) is 1.04. The van der Waals surface area contributed by atoms with Gasteiger partial charge in [0.2, 0.25) is 5.95 Å². The van der Waals surface area contributed by atoms with Crippen LogP contribution in [0.15, 0.2) is 6.20 Å². The monoisotopic (exact) mass is 253 g/mol. The van der Waals surface area contributed by atoms with Crippen LogP contribution in [0.25, 0.3) is 0 Å². The van der Waals surface area contributed by atoms with E-state index >= 15 is 0 Å². The topological polar surface area (TPSA) is 48.3 Å². The minimum absolute atomic E-state index is 0.342. The fraction of sp³-hybridized carbons (Fsp3) is 0.769. The number of hydrogen-bond acceptors (Lipinski definition) is 4. The Morgan fingerprint density at radius 2 is 2.50 bits per heavy atom. The molecule has 1 saturated heterocycles. The lowest BCUT2D eigenvalue weighted by molar-refractivity contribution is 0.120. The third-order valence-corrected chi connectivity index (χ3v) is 3.16. The number of nitrogens with one attached hydrogen (secondary N) is 1. The van der Waals surface area contributed by atoms with E-state index in [0.717, 1.165) is 50.8 Å². The quantitative estimate of drug-likeness (QED) is 0.753. The van der Waals surface area contributed by atoms with Crippen LogP contribution in [-0.2, 0) is 16.0 Å². The second-order valence-electron chi connectivity index (χ2n) is 4.76. The van der Waals surface area contributed by atoms with Crippen molar-refractivity contribution in [2.75, 3.05) is 32.2 Å². The summed E-state index contributed by atoms with van der Waals surface area (Å²) in [5.74, 6) is 0.944. The van der Waals surface area contributed by atoms with Crippen LogP contribution in [0.2, 0.25) is 0 Å². The molecule has 0 aromatic carbocycles. The van der Waals surface area contributed by atoms with Crippen LogP contribution in [0, 0.1) is 6.92 Å². The Hall–Kier alpha value is -1.07. The van der Waals surface area contributed by atoms with Crippen molar-refractivity contribution < 1.29 is 9.47 Å². The zero-order valence-electron chi connectivity index (χ0n) is 11.3. The lowest BCUT2D eigenvalue weighted by atomic mass is 10.2. The molecule has 5 heteroatoms. The molecule has 1 aliphatic rings. The van der Waals surface area contributed by atoms with Gasteiger partial charge in [0.05, 0.1) is 11.8 Å². The van der Waals surface area contributed by atoms with E-state index in [1.807, 2.05) is 6.92 Å². The van der Waals surface area contributed by atoms with Crippen LogP contribution in [0.5, 0.6) is 0 Å². The summed E-state index contributed by atoms with van der Waals surface area (Å²) >= 11 is 0. The van der Waals surface area contributed by atoms with Crippen molar-refractivity contribution in [2.45, 2.75) is 38.8 Å². The van der Waals surface area contributed by atoms with E-state index < -0.39 is 0 Å². The molecule has 0 amide bonds. The van der Waals surface area contributed by atoms with Crippen LogP contribution < -0.4 is 5.32 Å². The van der Waals surface area contributed by atoms with Gasteiger partial charge in [-0.05, 0) is 26.2 Å². The molecule has 0 radical (unpaired) electrons. The number of rotatable bonds is 7. The van der Waals surface area contributed by atoms with Gasteiger partial charge < -0.3 is 19.4 Å². The summed E-state index contributed by atoms with van der Waals surface area (Å²) in [6.45, 7) is 5.48. The molecule has 2 heterocycles. The van der Waals surface area contributed by atoms with Crippen LogP contribution in [0.1, 0.15) is 25.0 Å². The summed E-state index contributed by atoms with van der Waals surface area (Å²) in [6.07, 6.45) is 5.74. The van der Waals surface area contributed by atoms with Crippen molar-refractivity contribution in [3.05, 3.63) is 11.9 Å². The molecule has 1 unspecified atom stereocenters. The fourth-order valence-corrected chi connectivity index (χ4v) is 2.25. The predicted octanol–water partition coefficient (Wildman–Crippen LogP) is 1.82. The molecule has 1 atom stereocenters. The molecule has 1 N–H and O–H groups in total. The maximum atomic E-state index is 5.60. The van der Waals surface area contributed by atoms with E-state index in [1.54, 1.807) is 7.11 Å². The van der Waals surface area contributed by atoms with E-state index in [1.165, 1.54) is 6.42 Å². The number of methoxy groups -OCH3 is 1. The number of imidazole rings is 1. The number of ether oxygens (including phenoxy) is 2. The minimum Gasteiger partial charge on any atom is -0.385 e. The Morgan fingerprint density at radius 1 is 1.61 bits per heavy atom. The summed E-state index contributed by atoms with van der Waals surface area (Å²) in [4.78, 5) is 4.51. The highest BCUT2D eigenvalue weighted by molar-refractivity contribution is 5.28. The maximum absolute atomic E-state index is 5.60. The van der Waals surface area contributed by atoms with Gasteiger partial charge in [-0.25, -0.2) is 4.98 Å². The van der Waals surface area contributed by atoms with Crippen LogP contribution >= 0.6 is 0 Å². The van der Waals surface area contributed by atoms with Crippen LogP contribution in [0.3, 0.4) is 0 Å². The zero-order chi connectivity index (χ0) is 12.8. The van der Waals surface area contributed by atoms with Gasteiger partial charge >= 0.3 is 0 Å². The fourth-order valence-electron chi connectivity index (χ4n) is 2.25. The Labute approximate surface area is 108 Å². The van der Waals surface area contributed by atoms with Gasteiger partial charge in [-0.15, -0.1) is 0 Å². The minimum atomic E-state index is 0.342. The number of nitrogens with zero attached hydrogens (tertiary/aromatic N) is 2. The average Bonchev–Trinajstić information content (AvgIpc) is 2.97. The Morgan fingerprint density at radius 3 is 3.22 bits per heavy atom. The number of aromatic nitrogens is 2. The van der Waals surface area contributed by atoms with Gasteiger partial charge in [-0.3, -0.25) is 0 Å². The highest BCUT2D eigenvalue weighted by atomic mass is 16.5. The van der Waals surface area contributed by atoms with Gasteiger partial charge in [-0.1, -0.05) is 0 Å². The summed E-state index contributed by atoms with van der Waals surface area (Å²) < 4.78 is 12.8. The third kappa shape index (κ3) is 3.71. The molecule has 1 aliphatic heterocycles. The number of aryl methyl sites for hydroxylation is 2. The van der Waals surface area contributed by atoms with Gasteiger partial charge in [0.1, 0.15) is 0 Å². The molecule has 1 fully saturated rings. The SMILES string of the molecule is COCCCn1cc(C)nc1NCC1CCCO1. The van der Waals surface area contributed by atoms with E-state index in [9.17, 15) is 0 Å². The molecule has 18 heavy (non-hydrogen) atoms. The highest BCUT2D eigenvalue weighted by Gasteiger charge is 2.16. The first-order valence-electron chi connectivity index (χ1n) is 6.68. The lowest BCUT2D eigenvalue weighted by Crippen LogP contribution is -2.20. The molecule has 5 nitrogen and oxygen atoms in total. The highest BCUT2D eigenvalue weighted by Crippen LogP contribution is 2.14. The van der Waals surface area contributed by atoms with E-state index in [-0.39, 0.29) is 0 Å². The summed E-state index contributed by atoms with van der Waals surface area (Å²) in [7, 11) is 1.73. The Balaban J connectivity index is 1.85. The number of anilines is 1. The second kappa shape index (κ2) is 6.75. The number of hydrogen-bond donors (Lipinski definition) is 1. The summed E-state index contributed by atoms with van der Waals surface area (Å²) in [6, 6.07) is 0. The first kappa shape index (κ1) is 13.4. The van der Waals surface area contributed by atoms with Crippen LogP contribution in [0.4, 0.5) is 5.95 Å². The molecule has 0 bridgehead atoms. The van der Waals surface area contributed by atoms with Crippen LogP contribution in [-0.4, -0.2) is 42.5 Å². The van der Waals surface area contributed by atoms with Gasteiger partial charge in [0.25, 0.3) is 0 Å². The second-order valence-corrected chi connectivity index (χ2v) is 4.76. The lowest BCUT2D eigenvalue weighted by Gasteiger charge is -2.13. The van der Waals surface area contributed by atoms with Gasteiger partial charge in [0.15, 0.2) is 0 Å². The van der Waals surface area contributed by atoms with Crippen molar-refractivity contribution in [2.24, 2.45) is 0 Å². The Bertz CT molecular complexity index is 359. The Kier molecular flexibility index (Phi) is 5.01. The first-order valence-corrected chi connectivity index (χ1v) is 6.68. The van der Waals surface area contributed by atoms with Crippen molar-refractivity contribution in [3.8, 4) is 0 Å². The predicted molar refractivity (Wildman–Crippen MR) is 70.9 cm³/mol. The molecule has 0 spiro atoms. The molecular formula is C13H23N3O2. The smallest absolute Gasteiger partial charge is 0.203 e. The largest absolute Gasteiger partial charge is 0.385 e. The van der Waals surface area contributed by atoms with Crippen molar-refractivity contribution in [1.82, 2.24) is 9.55 Å². The van der Waals surface area contributed by atoms with E-state index in [4.69, 9.17) is 9.47 Å². The van der Waals surface area contributed by atoms with Crippen molar-refractivity contribution in [3.63, 3.8) is 0 Å². The summed E-state index contributed by atoms with van der Waals surface area (Å²) in [5, 5.41) is 3.39. The average molecular weight is 253 g/mol. The molecule has 2 rings (SSSR count). The molecule has 1 aromatic rings. The van der Waals surface area contributed by atoms with Crippen molar-refractivity contribution >= 4 is 5.95 Å². The first-order chi connectivity index (χ1) is 8.79. The molecule has 102 valence electrons. The van der Waals surface area contributed by atoms with E-state index in [2.05, 4.69) is 21.1 Å².